The van der Waals surface area contributed by atoms with Crippen LogP contribution >= 0.6 is 0 Å². The highest BCUT2D eigenvalue weighted by molar-refractivity contribution is 5.96. The summed E-state index contributed by atoms with van der Waals surface area (Å²) in [4.78, 5) is 33.9. The van der Waals surface area contributed by atoms with E-state index in [4.69, 9.17) is 4.74 Å². The molecule has 0 atom stereocenters. The van der Waals surface area contributed by atoms with Crippen LogP contribution in [0.15, 0.2) is 11.3 Å². The quantitative estimate of drug-likeness (QED) is 0.508. The fraction of sp³-hybridized carbons (Fsp3) is 0.688. The van der Waals surface area contributed by atoms with Crippen LogP contribution in [0.3, 0.4) is 0 Å². The Bertz CT molecular complexity index is 422. The Morgan fingerprint density at radius 3 is 2.48 bits per heavy atom. The number of hydrogen-bond acceptors (Lipinski definition) is 5. The van der Waals surface area contributed by atoms with Gasteiger partial charge >= 0.3 is 11.9 Å². The highest BCUT2D eigenvalue weighted by Gasteiger charge is 2.22. The van der Waals surface area contributed by atoms with Gasteiger partial charge in [0.15, 0.2) is 5.78 Å². The van der Waals surface area contributed by atoms with Gasteiger partial charge in [-0.15, -0.1) is 0 Å². The predicted octanol–water partition coefficient (Wildman–Crippen LogP) is 3.07. The van der Waals surface area contributed by atoms with Crippen molar-refractivity contribution in [3.8, 4) is 0 Å². The Hall–Kier alpha value is -1.65. The van der Waals surface area contributed by atoms with Gasteiger partial charge in [-0.2, -0.15) is 0 Å². The second-order valence-corrected chi connectivity index (χ2v) is 5.26. The number of ketones is 1. The van der Waals surface area contributed by atoms with Crippen molar-refractivity contribution in [3.05, 3.63) is 11.3 Å². The van der Waals surface area contributed by atoms with Gasteiger partial charge < -0.3 is 9.47 Å². The fourth-order valence-corrected chi connectivity index (χ4v) is 2.46. The minimum atomic E-state index is -0.365. The van der Waals surface area contributed by atoms with E-state index in [-0.39, 0.29) is 17.7 Å². The Kier molecular flexibility index (Phi) is 7.72. The van der Waals surface area contributed by atoms with Crippen LogP contribution in [-0.4, -0.2) is 24.8 Å². The molecule has 0 N–H and O–H groups in total. The second-order valence-electron chi connectivity index (χ2n) is 5.26. The molecule has 0 aromatic heterocycles. The number of allylic oxidation sites excluding steroid dienone is 2. The van der Waals surface area contributed by atoms with Crippen LogP contribution in [0.25, 0.3) is 0 Å². The number of carbonyl (C=O) groups excluding carboxylic acids is 3. The maximum atomic E-state index is 11.9. The van der Waals surface area contributed by atoms with Gasteiger partial charge in [0, 0.05) is 31.8 Å². The van der Waals surface area contributed by atoms with Crippen LogP contribution < -0.4 is 0 Å². The van der Waals surface area contributed by atoms with Gasteiger partial charge in [0.25, 0.3) is 0 Å². The number of esters is 2. The lowest BCUT2D eigenvalue weighted by atomic mass is 9.92. The molecule has 0 amide bonds. The van der Waals surface area contributed by atoms with E-state index in [9.17, 15) is 14.4 Å². The average Bonchev–Trinajstić information content (AvgIpc) is 2.44. The third-order valence-corrected chi connectivity index (χ3v) is 3.53. The third-order valence-electron chi connectivity index (χ3n) is 3.53. The van der Waals surface area contributed by atoms with Gasteiger partial charge in [-0.25, -0.2) is 0 Å². The van der Waals surface area contributed by atoms with Crippen molar-refractivity contribution in [2.75, 3.05) is 7.11 Å². The summed E-state index contributed by atoms with van der Waals surface area (Å²) in [5, 5.41) is 0. The Balaban J connectivity index is 2.36. The first-order chi connectivity index (χ1) is 10.0. The first-order valence-electron chi connectivity index (χ1n) is 7.55. The standard InChI is InChI=1S/C16H24O5/c1-12(17)21-15-10-7-9-14(18)13(15)8-5-3-4-6-11-16(19)20-2/h3-11H2,1-2H3. The largest absolute Gasteiger partial charge is 0.469 e. The molecule has 0 radical (unpaired) electrons. The van der Waals surface area contributed by atoms with E-state index in [0.29, 0.717) is 37.0 Å². The third kappa shape index (κ3) is 6.56. The molecule has 0 saturated carbocycles. The molecule has 0 heterocycles. The van der Waals surface area contributed by atoms with E-state index < -0.39 is 0 Å². The normalized spacial score (nSPS) is 15.0. The summed E-state index contributed by atoms with van der Waals surface area (Å²) < 4.78 is 9.73. The molecule has 0 bridgehead atoms. The molecule has 21 heavy (non-hydrogen) atoms. The van der Waals surface area contributed by atoms with Gasteiger partial charge in [0.05, 0.1) is 7.11 Å². The topological polar surface area (TPSA) is 69.7 Å². The summed E-state index contributed by atoms with van der Waals surface area (Å²) in [5.74, 6) is 0.118. The molecule has 0 aromatic rings. The van der Waals surface area contributed by atoms with E-state index in [2.05, 4.69) is 4.74 Å². The number of unbranched alkanes of at least 4 members (excludes halogenated alkanes) is 3. The van der Waals surface area contributed by atoms with Crippen molar-refractivity contribution >= 4 is 17.7 Å². The van der Waals surface area contributed by atoms with Crippen molar-refractivity contribution in [2.24, 2.45) is 0 Å². The van der Waals surface area contributed by atoms with Crippen molar-refractivity contribution in [3.63, 3.8) is 0 Å². The minimum Gasteiger partial charge on any atom is -0.469 e. The molecular formula is C16H24O5. The van der Waals surface area contributed by atoms with Crippen molar-refractivity contribution < 1.29 is 23.9 Å². The van der Waals surface area contributed by atoms with Crippen LogP contribution in [0.1, 0.15) is 64.7 Å². The monoisotopic (exact) mass is 296 g/mol. The zero-order valence-electron chi connectivity index (χ0n) is 12.9. The first-order valence-corrected chi connectivity index (χ1v) is 7.55. The maximum Gasteiger partial charge on any atom is 0.307 e. The molecule has 0 spiro atoms. The van der Waals surface area contributed by atoms with Crippen LogP contribution in [-0.2, 0) is 23.9 Å². The summed E-state index contributed by atoms with van der Waals surface area (Å²) >= 11 is 0. The van der Waals surface area contributed by atoms with Crippen LogP contribution in [0.4, 0.5) is 0 Å². The number of ether oxygens (including phenoxy) is 2. The Morgan fingerprint density at radius 2 is 1.81 bits per heavy atom. The molecule has 5 nitrogen and oxygen atoms in total. The highest BCUT2D eigenvalue weighted by atomic mass is 16.5. The van der Waals surface area contributed by atoms with E-state index in [1.54, 1.807) is 0 Å². The fourth-order valence-electron chi connectivity index (χ4n) is 2.46. The van der Waals surface area contributed by atoms with Crippen molar-refractivity contribution in [2.45, 2.75) is 64.7 Å². The number of hydrogen-bond donors (Lipinski definition) is 0. The van der Waals surface area contributed by atoms with E-state index in [1.807, 2.05) is 0 Å². The van der Waals surface area contributed by atoms with E-state index >= 15 is 0 Å². The number of Topliss-reactive ketones (excluding diaryl/α,β-unsaturated/α-hetero) is 1. The highest BCUT2D eigenvalue weighted by Crippen LogP contribution is 2.27. The van der Waals surface area contributed by atoms with E-state index in [1.165, 1.54) is 14.0 Å². The van der Waals surface area contributed by atoms with Gasteiger partial charge in [-0.3, -0.25) is 14.4 Å². The minimum absolute atomic E-state index is 0.104. The predicted molar refractivity (Wildman–Crippen MR) is 77.4 cm³/mol. The van der Waals surface area contributed by atoms with Crippen LogP contribution in [0.5, 0.6) is 0 Å². The van der Waals surface area contributed by atoms with Crippen LogP contribution in [0.2, 0.25) is 0 Å². The molecule has 1 rings (SSSR count). The molecule has 0 aromatic carbocycles. The molecule has 1 aliphatic carbocycles. The molecule has 0 unspecified atom stereocenters. The summed E-state index contributed by atoms with van der Waals surface area (Å²) in [6.45, 7) is 1.36. The number of rotatable bonds is 8. The SMILES string of the molecule is COC(=O)CCCCCCC1=C(OC(C)=O)CCCC1=O. The van der Waals surface area contributed by atoms with Gasteiger partial charge in [-0.1, -0.05) is 12.8 Å². The van der Waals surface area contributed by atoms with Crippen molar-refractivity contribution in [1.29, 1.82) is 0 Å². The molecule has 5 heteroatoms. The Morgan fingerprint density at radius 1 is 1.10 bits per heavy atom. The van der Waals surface area contributed by atoms with Crippen LogP contribution in [0, 0.1) is 0 Å². The van der Waals surface area contributed by atoms with Gasteiger partial charge in [0.2, 0.25) is 0 Å². The number of carbonyl (C=O) groups is 3. The molecule has 1 aliphatic rings. The summed E-state index contributed by atoms with van der Waals surface area (Å²) in [6, 6.07) is 0. The van der Waals surface area contributed by atoms with Gasteiger partial charge in [-0.05, 0) is 25.7 Å². The molecular weight excluding hydrogens is 272 g/mol. The summed E-state index contributed by atoms with van der Waals surface area (Å²) in [7, 11) is 1.39. The van der Waals surface area contributed by atoms with Crippen molar-refractivity contribution in [1.82, 2.24) is 0 Å². The zero-order valence-corrected chi connectivity index (χ0v) is 12.9. The second kappa shape index (κ2) is 9.32. The maximum absolute atomic E-state index is 11.9. The molecule has 0 aliphatic heterocycles. The summed E-state index contributed by atoms with van der Waals surface area (Å²) in [6.07, 6.45) is 6.61. The summed E-state index contributed by atoms with van der Waals surface area (Å²) in [5.41, 5.74) is 0.685. The molecule has 0 saturated heterocycles. The molecule has 0 fully saturated rings. The first kappa shape index (κ1) is 17.4. The Labute approximate surface area is 125 Å². The van der Waals surface area contributed by atoms with Gasteiger partial charge in [0.1, 0.15) is 5.76 Å². The lowest BCUT2D eigenvalue weighted by Gasteiger charge is -2.18. The average molecular weight is 296 g/mol. The molecule has 118 valence electrons. The smallest absolute Gasteiger partial charge is 0.307 e. The lowest BCUT2D eigenvalue weighted by molar-refractivity contribution is -0.141. The van der Waals surface area contributed by atoms with E-state index in [0.717, 1.165) is 32.1 Å². The lowest BCUT2D eigenvalue weighted by Crippen LogP contribution is -2.15. The zero-order chi connectivity index (χ0) is 15.7. The number of methoxy groups -OCH3 is 1.